The first kappa shape index (κ1) is 20.1. The number of aliphatic carboxylic acids is 1. The van der Waals surface area contributed by atoms with E-state index in [1.54, 1.807) is 19.2 Å². The first-order chi connectivity index (χ1) is 15.6. The van der Waals surface area contributed by atoms with Crippen molar-refractivity contribution >= 4 is 12.1 Å². The predicted octanol–water partition coefficient (Wildman–Crippen LogP) is 4.63. The molecule has 3 aromatic carbocycles. The molecule has 3 aromatic rings. The van der Waals surface area contributed by atoms with Gasteiger partial charge in [0.05, 0.1) is 7.11 Å². The van der Waals surface area contributed by atoms with Crippen molar-refractivity contribution in [3.63, 3.8) is 0 Å². The number of carbonyl (C=O) groups is 2. The van der Waals surface area contributed by atoms with Gasteiger partial charge in [-0.2, -0.15) is 0 Å². The fraction of sp³-hybridized carbons (Fsp3) is 0.231. The molecule has 0 fully saturated rings. The van der Waals surface area contributed by atoms with Crippen LogP contribution in [0.3, 0.4) is 0 Å². The highest BCUT2D eigenvalue weighted by atomic mass is 16.6. The second-order valence-corrected chi connectivity index (χ2v) is 8.05. The normalized spacial score (nSPS) is 16.7. The molecule has 1 unspecified atom stereocenters. The molecule has 1 heterocycles. The molecule has 0 aromatic heterocycles. The van der Waals surface area contributed by atoms with Crippen molar-refractivity contribution in [2.75, 3.05) is 20.3 Å². The van der Waals surface area contributed by atoms with E-state index in [2.05, 4.69) is 24.3 Å². The van der Waals surface area contributed by atoms with Gasteiger partial charge < -0.3 is 14.6 Å². The van der Waals surface area contributed by atoms with Crippen LogP contribution in [-0.2, 0) is 16.0 Å². The predicted molar refractivity (Wildman–Crippen MR) is 119 cm³/mol. The number of hydrogen-bond donors (Lipinski definition) is 1. The zero-order chi connectivity index (χ0) is 22.2. The van der Waals surface area contributed by atoms with Gasteiger partial charge in [0.1, 0.15) is 12.4 Å². The molecule has 1 aliphatic heterocycles. The van der Waals surface area contributed by atoms with Crippen LogP contribution in [0, 0.1) is 0 Å². The number of methoxy groups -OCH3 is 1. The molecule has 1 N–H and O–H groups in total. The van der Waals surface area contributed by atoms with Crippen LogP contribution in [0.4, 0.5) is 4.79 Å². The maximum atomic E-state index is 13.0. The van der Waals surface area contributed by atoms with Gasteiger partial charge in [-0.05, 0) is 51.9 Å². The second kappa shape index (κ2) is 8.04. The molecule has 6 heteroatoms. The Kier molecular flexibility index (Phi) is 5.05. The zero-order valence-corrected chi connectivity index (χ0v) is 17.7. The van der Waals surface area contributed by atoms with E-state index in [1.165, 1.54) is 4.90 Å². The third kappa shape index (κ3) is 3.28. The van der Waals surface area contributed by atoms with E-state index in [4.69, 9.17) is 9.47 Å². The minimum Gasteiger partial charge on any atom is -0.497 e. The molecule has 1 amide bonds. The second-order valence-electron chi connectivity index (χ2n) is 8.05. The Bertz CT molecular complexity index is 1160. The smallest absolute Gasteiger partial charge is 0.410 e. The zero-order valence-electron chi connectivity index (χ0n) is 17.7. The van der Waals surface area contributed by atoms with Gasteiger partial charge in [0, 0.05) is 12.5 Å². The molecule has 1 aliphatic carbocycles. The van der Waals surface area contributed by atoms with Crippen LogP contribution < -0.4 is 4.74 Å². The highest BCUT2D eigenvalue weighted by Crippen LogP contribution is 2.44. The van der Waals surface area contributed by atoms with Gasteiger partial charge in [0.25, 0.3) is 0 Å². The number of benzene rings is 3. The lowest BCUT2D eigenvalue weighted by Crippen LogP contribution is -2.44. The van der Waals surface area contributed by atoms with Crippen molar-refractivity contribution in [1.29, 1.82) is 0 Å². The standard InChI is InChI=1S/C26H23NO5/c1-31-17-10-11-18-16(14-17)12-13-27(24(18)25(28)29)26(30)32-15-23-21-8-4-2-6-19(21)20-7-3-5-9-22(20)23/h2-11,14,23-24H,12-13,15H2,1H3,(H,28,29). The van der Waals surface area contributed by atoms with Crippen LogP contribution in [0.2, 0.25) is 0 Å². The lowest BCUT2D eigenvalue weighted by atomic mass is 9.92. The lowest BCUT2D eigenvalue weighted by Gasteiger charge is -2.34. The Morgan fingerprint density at radius 1 is 0.969 bits per heavy atom. The number of carbonyl (C=O) groups excluding carboxylic acids is 1. The van der Waals surface area contributed by atoms with Gasteiger partial charge in [0.2, 0.25) is 0 Å². The summed E-state index contributed by atoms with van der Waals surface area (Å²) in [6, 6.07) is 20.4. The fourth-order valence-electron chi connectivity index (χ4n) is 4.87. The molecule has 0 saturated heterocycles. The van der Waals surface area contributed by atoms with E-state index >= 15 is 0 Å². The van der Waals surface area contributed by atoms with Gasteiger partial charge in [-0.15, -0.1) is 0 Å². The number of ether oxygens (including phenoxy) is 2. The van der Waals surface area contributed by atoms with Gasteiger partial charge in [-0.25, -0.2) is 9.59 Å². The van der Waals surface area contributed by atoms with Crippen LogP contribution in [0.5, 0.6) is 5.75 Å². The van der Waals surface area contributed by atoms with E-state index in [9.17, 15) is 14.7 Å². The number of nitrogens with zero attached hydrogens (tertiary/aromatic N) is 1. The van der Waals surface area contributed by atoms with Crippen molar-refractivity contribution in [2.24, 2.45) is 0 Å². The number of hydrogen-bond acceptors (Lipinski definition) is 4. The molecular formula is C26H23NO5. The number of amides is 1. The molecule has 5 rings (SSSR count). The van der Waals surface area contributed by atoms with E-state index in [-0.39, 0.29) is 19.1 Å². The molecule has 0 spiro atoms. The quantitative estimate of drug-likeness (QED) is 0.655. The summed E-state index contributed by atoms with van der Waals surface area (Å²) in [5.41, 5.74) is 6.00. The minimum atomic E-state index is -1.08. The Balaban J connectivity index is 1.38. The summed E-state index contributed by atoms with van der Waals surface area (Å²) < 4.78 is 11.0. The largest absolute Gasteiger partial charge is 0.497 e. The summed E-state index contributed by atoms with van der Waals surface area (Å²) >= 11 is 0. The lowest BCUT2D eigenvalue weighted by molar-refractivity contribution is -0.143. The number of rotatable bonds is 4. The highest BCUT2D eigenvalue weighted by molar-refractivity contribution is 5.83. The first-order valence-electron chi connectivity index (χ1n) is 10.6. The molecule has 32 heavy (non-hydrogen) atoms. The summed E-state index contributed by atoms with van der Waals surface area (Å²) in [6.45, 7) is 0.430. The molecule has 6 nitrogen and oxygen atoms in total. The van der Waals surface area contributed by atoms with Crippen LogP contribution >= 0.6 is 0 Å². The molecule has 1 atom stereocenters. The van der Waals surface area contributed by atoms with E-state index in [0.29, 0.717) is 17.7 Å². The number of carboxylic acids is 1. The average molecular weight is 429 g/mol. The Morgan fingerprint density at radius 3 is 2.25 bits per heavy atom. The Labute approximate surface area is 186 Å². The third-order valence-corrected chi connectivity index (χ3v) is 6.38. The summed E-state index contributed by atoms with van der Waals surface area (Å²) in [6.07, 6.45) is -0.0683. The summed E-state index contributed by atoms with van der Waals surface area (Å²) in [5, 5.41) is 9.89. The molecule has 0 bridgehead atoms. The molecule has 2 aliphatic rings. The topological polar surface area (TPSA) is 76.1 Å². The molecule has 162 valence electrons. The van der Waals surface area contributed by atoms with Crippen LogP contribution in [-0.4, -0.2) is 42.3 Å². The Hall–Kier alpha value is -3.80. The van der Waals surface area contributed by atoms with Crippen LogP contribution in [0.1, 0.15) is 34.2 Å². The monoisotopic (exact) mass is 429 g/mol. The van der Waals surface area contributed by atoms with Crippen molar-refractivity contribution in [3.8, 4) is 16.9 Å². The Morgan fingerprint density at radius 2 is 1.62 bits per heavy atom. The maximum absolute atomic E-state index is 13.0. The van der Waals surface area contributed by atoms with E-state index in [0.717, 1.165) is 27.8 Å². The molecule has 0 saturated carbocycles. The maximum Gasteiger partial charge on any atom is 0.410 e. The van der Waals surface area contributed by atoms with Crippen molar-refractivity contribution < 1.29 is 24.2 Å². The van der Waals surface area contributed by atoms with E-state index < -0.39 is 18.1 Å². The SMILES string of the molecule is COc1ccc2c(c1)CCN(C(=O)OCC1c3ccccc3-c3ccccc31)C2C(=O)O. The van der Waals surface area contributed by atoms with Crippen molar-refractivity contribution in [1.82, 2.24) is 4.90 Å². The van der Waals surface area contributed by atoms with Crippen molar-refractivity contribution in [2.45, 2.75) is 18.4 Å². The van der Waals surface area contributed by atoms with E-state index in [1.807, 2.05) is 30.3 Å². The molecular weight excluding hydrogens is 406 g/mol. The molecule has 0 radical (unpaired) electrons. The first-order valence-corrected chi connectivity index (χ1v) is 10.6. The fourth-order valence-corrected chi connectivity index (χ4v) is 4.87. The van der Waals surface area contributed by atoms with Gasteiger partial charge in [-0.3, -0.25) is 4.90 Å². The number of fused-ring (bicyclic) bond motifs is 4. The summed E-state index contributed by atoms with van der Waals surface area (Å²) in [5.74, 6) is -0.483. The van der Waals surface area contributed by atoms with Crippen LogP contribution in [0.25, 0.3) is 11.1 Å². The summed E-state index contributed by atoms with van der Waals surface area (Å²) in [4.78, 5) is 26.4. The van der Waals surface area contributed by atoms with Gasteiger partial charge in [-0.1, -0.05) is 54.6 Å². The van der Waals surface area contributed by atoms with Gasteiger partial charge >= 0.3 is 12.1 Å². The third-order valence-electron chi connectivity index (χ3n) is 6.38. The highest BCUT2D eigenvalue weighted by Gasteiger charge is 2.38. The summed E-state index contributed by atoms with van der Waals surface area (Å²) in [7, 11) is 1.57. The minimum absolute atomic E-state index is 0.0732. The number of carboxylic acid groups (broad SMARTS) is 1. The van der Waals surface area contributed by atoms with Crippen molar-refractivity contribution in [3.05, 3.63) is 89.0 Å². The van der Waals surface area contributed by atoms with Gasteiger partial charge in [0.15, 0.2) is 6.04 Å². The van der Waals surface area contributed by atoms with Crippen LogP contribution in [0.15, 0.2) is 66.7 Å². The average Bonchev–Trinajstić information content (AvgIpc) is 3.15.